The summed E-state index contributed by atoms with van der Waals surface area (Å²) < 4.78 is 15.9. The van der Waals surface area contributed by atoms with Gasteiger partial charge in [-0.15, -0.1) is 0 Å². The van der Waals surface area contributed by atoms with Crippen LogP contribution in [0, 0.1) is 0 Å². The molecule has 9 heteroatoms. The molecule has 3 amide bonds. The maximum absolute atomic E-state index is 13.4. The van der Waals surface area contributed by atoms with E-state index in [1.54, 1.807) is 62.8 Å². The van der Waals surface area contributed by atoms with Gasteiger partial charge < -0.3 is 24.8 Å². The number of nitrogens with zero attached hydrogens (tertiary/aromatic N) is 1. The fourth-order valence-corrected chi connectivity index (χ4v) is 4.28. The van der Waals surface area contributed by atoms with E-state index in [9.17, 15) is 14.4 Å². The Hall–Kier alpha value is -4.53. The van der Waals surface area contributed by atoms with Crippen molar-refractivity contribution in [2.24, 2.45) is 0 Å². The van der Waals surface area contributed by atoms with Crippen LogP contribution in [0.3, 0.4) is 0 Å². The summed E-state index contributed by atoms with van der Waals surface area (Å²) in [7, 11) is 3.11. The van der Waals surface area contributed by atoms with Crippen LogP contribution in [0.2, 0.25) is 0 Å². The van der Waals surface area contributed by atoms with Gasteiger partial charge in [-0.1, -0.05) is 42.5 Å². The molecule has 3 aromatic rings. The average molecular weight is 518 g/mol. The molecule has 0 bridgehead atoms. The molecule has 1 fully saturated rings. The molecule has 4 rings (SSSR count). The fraction of sp³-hybridized carbons (Fsp3) is 0.276. The number of carbonyl (C=O) groups is 3. The van der Waals surface area contributed by atoms with Crippen molar-refractivity contribution in [2.45, 2.75) is 31.5 Å². The highest BCUT2D eigenvalue weighted by Gasteiger charge is 2.37. The van der Waals surface area contributed by atoms with E-state index < -0.39 is 30.0 Å². The van der Waals surface area contributed by atoms with E-state index in [4.69, 9.17) is 14.2 Å². The van der Waals surface area contributed by atoms with E-state index in [-0.39, 0.29) is 6.61 Å². The number of rotatable bonds is 9. The SMILES string of the molecule is COc1ccc(NC(=O)[C@H](NC(=O)[C@@H]2CCCN2C(=O)OCc2ccccc2)c2ccc(OC)cc2)cc1. The first-order valence-electron chi connectivity index (χ1n) is 12.3. The number of nitrogens with one attached hydrogen (secondary N) is 2. The second-order valence-corrected chi connectivity index (χ2v) is 8.82. The van der Waals surface area contributed by atoms with E-state index in [2.05, 4.69) is 10.6 Å². The van der Waals surface area contributed by atoms with E-state index in [0.29, 0.717) is 42.1 Å². The third kappa shape index (κ3) is 6.61. The van der Waals surface area contributed by atoms with Gasteiger partial charge in [-0.3, -0.25) is 14.5 Å². The van der Waals surface area contributed by atoms with Crippen LogP contribution in [0.15, 0.2) is 78.9 Å². The lowest BCUT2D eigenvalue weighted by molar-refractivity contribution is -0.129. The first-order valence-corrected chi connectivity index (χ1v) is 12.3. The standard InChI is InChI=1S/C29H31N3O6/c1-36-23-14-10-21(11-15-23)26(28(34)30-22-12-16-24(37-2)17-13-22)31-27(33)25-9-6-18-32(25)29(35)38-19-20-7-4-3-5-8-20/h3-5,7-8,10-17,25-26H,6,9,18-19H2,1-2H3,(H,30,34)(H,31,33)/t25-,26+/m0/s1. The molecule has 1 saturated heterocycles. The van der Waals surface area contributed by atoms with Gasteiger partial charge in [-0.25, -0.2) is 4.79 Å². The minimum absolute atomic E-state index is 0.114. The van der Waals surface area contributed by atoms with Gasteiger partial charge in [-0.2, -0.15) is 0 Å². The van der Waals surface area contributed by atoms with Crippen molar-refractivity contribution in [3.8, 4) is 11.5 Å². The summed E-state index contributed by atoms with van der Waals surface area (Å²) in [5.74, 6) is 0.427. The van der Waals surface area contributed by atoms with Gasteiger partial charge in [0, 0.05) is 12.2 Å². The molecule has 1 heterocycles. The highest BCUT2D eigenvalue weighted by atomic mass is 16.6. The molecule has 0 aliphatic carbocycles. The maximum Gasteiger partial charge on any atom is 0.410 e. The Morgan fingerprint density at radius 1 is 0.895 bits per heavy atom. The van der Waals surface area contributed by atoms with Crippen LogP contribution in [0.4, 0.5) is 10.5 Å². The van der Waals surface area contributed by atoms with Crippen molar-refractivity contribution >= 4 is 23.6 Å². The molecule has 0 aromatic heterocycles. The monoisotopic (exact) mass is 517 g/mol. The van der Waals surface area contributed by atoms with Crippen LogP contribution in [0.1, 0.15) is 30.0 Å². The quantitative estimate of drug-likeness (QED) is 0.438. The van der Waals surface area contributed by atoms with Crippen molar-refractivity contribution in [2.75, 3.05) is 26.1 Å². The third-order valence-corrected chi connectivity index (χ3v) is 6.35. The molecular weight excluding hydrogens is 486 g/mol. The van der Waals surface area contributed by atoms with Gasteiger partial charge in [0.1, 0.15) is 30.2 Å². The van der Waals surface area contributed by atoms with Crippen molar-refractivity contribution in [3.05, 3.63) is 90.0 Å². The highest BCUT2D eigenvalue weighted by Crippen LogP contribution is 2.24. The molecule has 0 unspecified atom stereocenters. The van der Waals surface area contributed by atoms with Crippen molar-refractivity contribution in [1.29, 1.82) is 0 Å². The first-order chi connectivity index (χ1) is 18.5. The summed E-state index contributed by atoms with van der Waals surface area (Å²) in [6.07, 6.45) is 0.570. The van der Waals surface area contributed by atoms with Crippen LogP contribution in [-0.4, -0.2) is 49.6 Å². The molecule has 0 spiro atoms. The zero-order valence-electron chi connectivity index (χ0n) is 21.4. The van der Waals surface area contributed by atoms with Crippen LogP contribution in [0.5, 0.6) is 11.5 Å². The largest absolute Gasteiger partial charge is 0.497 e. The van der Waals surface area contributed by atoms with E-state index >= 15 is 0 Å². The topological polar surface area (TPSA) is 106 Å². The smallest absolute Gasteiger partial charge is 0.410 e. The summed E-state index contributed by atoms with van der Waals surface area (Å²) in [5.41, 5.74) is 1.98. The van der Waals surface area contributed by atoms with Crippen molar-refractivity contribution < 1.29 is 28.6 Å². The number of carbonyl (C=O) groups excluding carboxylic acids is 3. The number of hydrogen-bond acceptors (Lipinski definition) is 6. The number of hydrogen-bond donors (Lipinski definition) is 2. The van der Waals surface area contributed by atoms with E-state index in [1.165, 1.54) is 4.90 Å². The number of methoxy groups -OCH3 is 2. The van der Waals surface area contributed by atoms with Crippen LogP contribution in [-0.2, 0) is 20.9 Å². The van der Waals surface area contributed by atoms with Crippen LogP contribution in [0.25, 0.3) is 0 Å². The Morgan fingerprint density at radius 2 is 1.53 bits per heavy atom. The van der Waals surface area contributed by atoms with E-state index in [0.717, 1.165) is 5.56 Å². The van der Waals surface area contributed by atoms with Crippen LogP contribution >= 0.6 is 0 Å². The summed E-state index contributed by atoms with van der Waals surface area (Å²) in [6, 6.07) is 21.4. The molecule has 0 radical (unpaired) electrons. The summed E-state index contributed by atoms with van der Waals surface area (Å²) in [4.78, 5) is 41.0. The number of ether oxygens (including phenoxy) is 3. The molecular formula is C29H31N3O6. The average Bonchev–Trinajstić information content (AvgIpc) is 3.46. The molecule has 2 N–H and O–H groups in total. The third-order valence-electron chi connectivity index (χ3n) is 6.35. The Bertz CT molecular complexity index is 1230. The Balaban J connectivity index is 1.47. The predicted molar refractivity (Wildman–Crippen MR) is 142 cm³/mol. The maximum atomic E-state index is 13.4. The number of benzene rings is 3. The molecule has 1 aliphatic heterocycles. The lowest BCUT2D eigenvalue weighted by Gasteiger charge is -2.26. The Labute approximate surface area is 221 Å². The lowest BCUT2D eigenvalue weighted by Crippen LogP contribution is -2.48. The number of anilines is 1. The molecule has 1 aliphatic rings. The zero-order chi connectivity index (χ0) is 26.9. The Morgan fingerprint density at radius 3 is 2.16 bits per heavy atom. The first kappa shape index (κ1) is 26.5. The number of likely N-dealkylation sites (tertiary alicyclic amines) is 1. The number of amides is 3. The fourth-order valence-electron chi connectivity index (χ4n) is 4.28. The van der Waals surface area contributed by atoms with Crippen molar-refractivity contribution in [3.63, 3.8) is 0 Å². The van der Waals surface area contributed by atoms with Gasteiger partial charge in [0.25, 0.3) is 5.91 Å². The minimum atomic E-state index is -1.00. The zero-order valence-corrected chi connectivity index (χ0v) is 21.4. The predicted octanol–water partition coefficient (Wildman–Crippen LogP) is 4.30. The molecule has 9 nitrogen and oxygen atoms in total. The van der Waals surface area contributed by atoms with Gasteiger partial charge in [0.05, 0.1) is 14.2 Å². The highest BCUT2D eigenvalue weighted by molar-refractivity contribution is 5.99. The second kappa shape index (κ2) is 12.6. The summed E-state index contributed by atoms with van der Waals surface area (Å²) in [5, 5.41) is 5.69. The summed E-state index contributed by atoms with van der Waals surface area (Å²) in [6.45, 7) is 0.514. The molecule has 0 saturated carbocycles. The van der Waals surface area contributed by atoms with Crippen LogP contribution < -0.4 is 20.1 Å². The van der Waals surface area contributed by atoms with Gasteiger partial charge in [0.2, 0.25) is 5.91 Å². The van der Waals surface area contributed by atoms with E-state index in [1.807, 2.05) is 30.3 Å². The molecule has 198 valence electrons. The minimum Gasteiger partial charge on any atom is -0.497 e. The molecule has 3 aromatic carbocycles. The second-order valence-electron chi connectivity index (χ2n) is 8.82. The summed E-state index contributed by atoms with van der Waals surface area (Å²) >= 11 is 0. The Kier molecular flexibility index (Phi) is 8.81. The van der Waals surface area contributed by atoms with Crippen molar-refractivity contribution in [1.82, 2.24) is 10.2 Å². The molecule has 38 heavy (non-hydrogen) atoms. The molecule has 2 atom stereocenters. The normalized spacial score (nSPS) is 15.3. The lowest BCUT2D eigenvalue weighted by atomic mass is 10.0. The van der Waals surface area contributed by atoms with Gasteiger partial charge in [-0.05, 0) is 60.4 Å². The van der Waals surface area contributed by atoms with Gasteiger partial charge >= 0.3 is 6.09 Å². The van der Waals surface area contributed by atoms with Gasteiger partial charge in [0.15, 0.2) is 0 Å².